The molecule has 1 aliphatic heterocycles. The van der Waals surface area contributed by atoms with Crippen molar-refractivity contribution in [3.8, 4) is 0 Å². The fourth-order valence-electron chi connectivity index (χ4n) is 4.17. The van der Waals surface area contributed by atoms with E-state index in [9.17, 15) is 14.4 Å². The fraction of sp³-hybridized carbons (Fsp3) is 0.500. The smallest absolute Gasteiger partial charge is 0.409 e. The van der Waals surface area contributed by atoms with Gasteiger partial charge in [-0.1, -0.05) is 36.4 Å². The molecule has 0 bridgehead atoms. The molecule has 8 heteroatoms. The van der Waals surface area contributed by atoms with E-state index in [1.165, 1.54) is 10.5 Å². The molecule has 162 valence electrons. The Morgan fingerprint density at radius 3 is 2.47 bits per heavy atom. The highest BCUT2D eigenvalue weighted by atomic mass is 16.6. The molecule has 30 heavy (non-hydrogen) atoms. The van der Waals surface area contributed by atoms with Crippen LogP contribution in [0.1, 0.15) is 31.2 Å². The predicted molar refractivity (Wildman–Crippen MR) is 110 cm³/mol. The van der Waals surface area contributed by atoms with E-state index in [0.29, 0.717) is 25.9 Å². The topological polar surface area (TPSA) is 99.2 Å². The fourth-order valence-corrected chi connectivity index (χ4v) is 4.17. The predicted octanol–water partition coefficient (Wildman–Crippen LogP) is 2.29. The summed E-state index contributed by atoms with van der Waals surface area (Å²) in [7, 11) is 3.17. The van der Waals surface area contributed by atoms with E-state index in [2.05, 4.69) is 18.2 Å². The van der Waals surface area contributed by atoms with E-state index in [1.807, 2.05) is 18.2 Å². The van der Waals surface area contributed by atoms with Crippen LogP contribution in [0.4, 0.5) is 4.79 Å². The van der Waals surface area contributed by atoms with Gasteiger partial charge in [-0.15, -0.1) is 0 Å². The lowest BCUT2D eigenvalue weighted by Crippen LogP contribution is -2.48. The van der Waals surface area contributed by atoms with Gasteiger partial charge in [0, 0.05) is 27.2 Å². The Labute approximate surface area is 176 Å². The molecule has 0 radical (unpaired) electrons. The summed E-state index contributed by atoms with van der Waals surface area (Å²) in [4.78, 5) is 40.4. The summed E-state index contributed by atoms with van der Waals surface area (Å²) in [5.74, 6) is -1.99. The number of hydroxylamine groups is 1. The van der Waals surface area contributed by atoms with Crippen LogP contribution in [-0.2, 0) is 14.3 Å². The number of hydrogen-bond acceptors (Lipinski definition) is 5. The first-order chi connectivity index (χ1) is 14.4. The second-order valence-corrected chi connectivity index (χ2v) is 8.03. The van der Waals surface area contributed by atoms with Gasteiger partial charge in [-0.05, 0) is 36.8 Å². The highest BCUT2D eigenvalue weighted by Crippen LogP contribution is 2.34. The monoisotopic (exact) mass is 415 g/mol. The van der Waals surface area contributed by atoms with Crippen molar-refractivity contribution in [1.82, 2.24) is 15.3 Å². The van der Waals surface area contributed by atoms with E-state index in [0.717, 1.165) is 12.0 Å². The summed E-state index contributed by atoms with van der Waals surface area (Å²) in [6.07, 6.45) is 3.00. The lowest BCUT2D eigenvalue weighted by atomic mass is 9.76. The molecular weight excluding hydrogens is 386 g/mol. The van der Waals surface area contributed by atoms with Crippen molar-refractivity contribution in [3.05, 3.63) is 42.0 Å². The molecule has 8 nitrogen and oxygen atoms in total. The van der Waals surface area contributed by atoms with Crippen molar-refractivity contribution in [2.75, 3.05) is 27.2 Å². The van der Waals surface area contributed by atoms with Crippen LogP contribution in [-0.4, -0.2) is 66.2 Å². The molecule has 1 heterocycles. The molecule has 0 unspecified atom stereocenters. The maximum Gasteiger partial charge on any atom is 0.409 e. The maximum absolute atomic E-state index is 13.2. The summed E-state index contributed by atoms with van der Waals surface area (Å²) < 4.78 is 5.41. The average molecular weight is 415 g/mol. The molecule has 1 fully saturated rings. The highest BCUT2D eigenvalue weighted by molar-refractivity contribution is 5.88. The highest BCUT2D eigenvalue weighted by Gasteiger charge is 2.42. The molecule has 3 rings (SSSR count). The van der Waals surface area contributed by atoms with E-state index < -0.39 is 29.9 Å². The number of ether oxygens (including phenoxy) is 1. The van der Waals surface area contributed by atoms with Gasteiger partial charge in [0.2, 0.25) is 11.8 Å². The van der Waals surface area contributed by atoms with Crippen molar-refractivity contribution < 1.29 is 24.3 Å². The van der Waals surface area contributed by atoms with Crippen LogP contribution in [0.15, 0.2) is 36.4 Å². The minimum Gasteiger partial charge on any atom is -0.446 e. The maximum atomic E-state index is 13.2. The van der Waals surface area contributed by atoms with Crippen LogP contribution < -0.4 is 5.48 Å². The van der Waals surface area contributed by atoms with E-state index >= 15 is 0 Å². The normalized spacial score (nSPS) is 23.9. The molecule has 0 aromatic heterocycles. The van der Waals surface area contributed by atoms with Crippen molar-refractivity contribution in [2.24, 2.45) is 11.8 Å². The molecule has 2 aliphatic rings. The summed E-state index contributed by atoms with van der Waals surface area (Å²) in [5, 5.41) is 9.16. The van der Waals surface area contributed by atoms with Gasteiger partial charge in [0.1, 0.15) is 6.10 Å². The van der Waals surface area contributed by atoms with E-state index in [4.69, 9.17) is 9.94 Å². The van der Waals surface area contributed by atoms with Crippen LogP contribution in [0, 0.1) is 11.8 Å². The van der Waals surface area contributed by atoms with Crippen molar-refractivity contribution in [1.29, 1.82) is 0 Å². The third-order valence-electron chi connectivity index (χ3n) is 5.86. The van der Waals surface area contributed by atoms with Crippen LogP contribution in [0.2, 0.25) is 0 Å². The summed E-state index contributed by atoms with van der Waals surface area (Å²) in [6, 6.07) is 10.1. The van der Waals surface area contributed by atoms with Crippen LogP contribution in [0.25, 0.3) is 5.57 Å². The van der Waals surface area contributed by atoms with Gasteiger partial charge in [-0.2, -0.15) is 0 Å². The number of nitrogens with one attached hydrogen (secondary N) is 1. The van der Waals surface area contributed by atoms with Crippen LogP contribution >= 0.6 is 0 Å². The Kier molecular flexibility index (Phi) is 7.10. The zero-order valence-corrected chi connectivity index (χ0v) is 17.4. The molecular formula is C22H29N3O5. The zero-order chi connectivity index (χ0) is 21.7. The number of hydrogen-bond donors (Lipinski definition) is 2. The van der Waals surface area contributed by atoms with Gasteiger partial charge in [0.15, 0.2) is 0 Å². The average Bonchev–Trinajstić information content (AvgIpc) is 2.78. The number of amides is 3. The molecule has 1 aromatic carbocycles. The number of nitrogens with zero attached hydrogens (tertiary/aromatic N) is 2. The minimum atomic E-state index is -0.740. The number of rotatable bonds is 4. The summed E-state index contributed by atoms with van der Waals surface area (Å²) in [6.45, 7) is 1.08. The van der Waals surface area contributed by atoms with Gasteiger partial charge >= 0.3 is 6.09 Å². The quantitative estimate of drug-likeness (QED) is 0.581. The van der Waals surface area contributed by atoms with Crippen molar-refractivity contribution in [3.63, 3.8) is 0 Å². The zero-order valence-electron chi connectivity index (χ0n) is 17.4. The third-order valence-corrected chi connectivity index (χ3v) is 5.86. The third kappa shape index (κ3) is 4.99. The SMILES string of the molecule is CN(C)C(=O)O[C@H]1CC[C@H](C(=O)N2CC=C(c3ccccc3)CC2)[C@@H](C(=O)NO)C1. The van der Waals surface area contributed by atoms with E-state index in [1.54, 1.807) is 24.5 Å². The van der Waals surface area contributed by atoms with Crippen molar-refractivity contribution >= 4 is 23.5 Å². The second kappa shape index (κ2) is 9.75. The molecule has 3 atom stereocenters. The number of benzene rings is 1. The van der Waals surface area contributed by atoms with Gasteiger partial charge in [0.05, 0.1) is 11.8 Å². The Hall–Kier alpha value is -2.87. The first-order valence-electron chi connectivity index (χ1n) is 10.3. The first-order valence-corrected chi connectivity index (χ1v) is 10.3. The van der Waals surface area contributed by atoms with Crippen LogP contribution in [0.3, 0.4) is 0 Å². The summed E-state index contributed by atoms with van der Waals surface area (Å²) in [5.41, 5.74) is 4.04. The Morgan fingerprint density at radius 1 is 1.13 bits per heavy atom. The van der Waals surface area contributed by atoms with Gasteiger partial charge in [0.25, 0.3) is 0 Å². The number of carbonyl (C=O) groups is 3. The first kappa shape index (κ1) is 21.8. The molecule has 1 aromatic rings. The van der Waals surface area contributed by atoms with Gasteiger partial charge in [-0.3, -0.25) is 14.8 Å². The van der Waals surface area contributed by atoms with Gasteiger partial charge in [-0.25, -0.2) is 10.3 Å². The second-order valence-electron chi connectivity index (χ2n) is 8.03. The molecule has 0 saturated heterocycles. The Bertz CT molecular complexity index is 808. The minimum absolute atomic E-state index is 0.0932. The summed E-state index contributed by atoms with van der Waals surface area (Å²) >= 11 is 0. The molecule has 3 amide bonds. The molecule has 1 saturated carbocycles. The molecule has 1 aliphatic carbocycles. The van der Waals surface area contributed by atoms with Gasteiger partial charge < -0.3 is 14.5 Å². The lowest BCUT2D eigenvalue weighted by Gasteiger charge is -2.37. The molecule has 0 spiro atoms. The Morgan fingerprint density at radius 2 is 1.87 bits per heavy atom. The number of carbonyl (C=O) groups excluding carboxylic acids is 3. The van der Waals surface area contributed by atoms with E-state index in [-0.39, 0.29) is 12.3 Å². The lowest BCUT2D eigenvalue weighted by molar-refractivity contribution is -0.148. The largest absolute Gasteiger partial charge is 0.446 e. The van der Waals surface area contributed by atoms with Crippen molar-refractivity contribution in [2.45, 2.75) is 31.8 Å². The van der Waals surface area contributed by atoms with Crippen LogP contribution in [0.5, 0.6) is 0 Å². The molecule has 2 N–H and O–H groups in total. The Balaban J connectivity index is 1.66. The standard InChI is InChI=1S/C22H29N3O5/c1-24(2)22(28)30-17-8-9-18(19(14-17)20(26)23-29)21(27)25-12-10-16(11-13-25)15-6-4-3-5-7-15/h3-7,10,17-19,29H,8-9,11-14H2,1-2H3,(H,23,26)/t17-,18-,19-/m0/s1.